The first-order chi connectivity index (χ1) is 30.2. The highest BCUT2D eigenvalue weighted by atomic mass is 15.0. The molecule has 2 aliphatic carbocycles. The number of nitrogens with zero attached hydrogens (tertiary/aromatic N) is 3. The molecule has 0 amide bonds. The summed E-state index contributed by atoms with van der Waals surface area (Å²) in [6.07, 6.45) is 15.9. The van der Waals surface area contributed by atoms with Gasteiger partial charge in [-0.3, -0.25) is 0 Å². The summed E-state index contributed by atoms with van der Waals surface area (Å²) in [5.74, 6) is 2.15. The predicted molar refractivity (Wildman–Crippen MR) is 254 cm³/mol. The molecule has 1 heterocycles. The zero-order valence-electron chi connectivity index (χ0n) is 34.5. The van der Waals surface area contributed by atoms with Crippen LogP contribution in [-0.2, 0) is 5.41 Å². The molecule has 1 unspecified atom stereocenters. The summed E-state index contributed by atoms with van der Waals surface area (Å²) in [6, 6.07) is 65.0. The average molecular weight is 786 g/mol. The minimum atomic E-state index is -0.329. The van der Waals surface area contributed by atoms with Crippen LogP contribution in [0.5, 0.6) is 0 Å². The van der Waals surface area contributed by atoms with Crippen LogP contribution in [0, 0.1) is 5.92 Å². The van der Waals surface area contributed by atoms with Crippen molar-refractivity contribution in [1.29, 1.82) is 0 Å². The molecule has 10 rings (SSSR count). The Morgan fingerprint density at radius 2 is 1.10 bits per heavy atom. The molecule has 1 atom stereocenters. The smallest absolute Gasteiger partial charge is 0.164 e. The molecular formula is C58H47N3. The van der Waals surface area contributed by atoms with Gasteiger partial charge in [0.05, 0.1) is 0 Å². The second-order valence-electron chi connectivity index (χ2n) is 16.1. The molecule has 2 aliphatic rings. The second kappa shape index (κ2) is 16.8. The van der Waals surface area contributed by atoms with E-state index in [1.807, 2.05) is 36.4 Å². The zero-order chi connectivity index (χ0) is 41.0. The summed E-state index contributed by atoms with van der Waals surface area (Å²) in [4.78, 5) is 15.2. The van der Waals surface area contributed by atoms with Gasteiger partial charge in [0.2, 0.25) is 0 Å². The van der Waals surface area contributed by atoms with Gasteiger partial charge in [0, 0.05) is 28.0 Å². The Morgan fingerprint density at radius 3 is 1.74 bits per heavy atom. The van der Waals surface area contributed by atoms with Crippen LogP contribution in [0.2, 0.25) is 0 Å². The molecule has 3 heteroatoms. The van der Waals surface area contributed by atoms with E-state index in [0.717, 1.165) is 47.9 Å². The standard InChI is InChI=1S/C58H47N3/c1-2-48-50(34-19-20-39-58(46-29-11-5-12-30-46,47-31-13-6-14-32-47)53-36-18-17-35-51(48)53)52-38-37-41-22-15-16-33-49(41)54(52)44-27-21-28-45(40-44)57-60-55(42-23-7-3-8-24-42)59-56(61-57)43-25-9-4-10-26-43/h3-16,18-34,36-38,40,48H,2,17,35,39H2,1H3/b20-19-,50-34?. The van der Waals surface area contributed by atoms with Crippen molar-refractivity contribution in [1.82, 2.24) is 15.0 Å². The van der Waals surface area contributed by atoms with Gasteiger partial charge in [-0.15, -0.1) is 0 Å². The van der Waals surface area contributed by atoms with Gasteiger partial charge < -0.3 is 0 Å². The fourth-order valence-corrected chi connectivity index (χ4v) is 9.77. The number of benzene rings is 7. The molecule has 8 aromatic rings. The summed E-state index contributed by atoms with van der Waals surface area (Å²) < 4.78 is 0. The lowest BCUT2D eigenvalue weighted by Gasteiger charge is -2.40. The Morgan fingerprint density at radius 1 is 0.541 bits per heavy atom. The lowest BCUT2D eigenvalue weighted by atomic mass is 9.62. The Hall–Kier alpha value is -7.23. The molecule has 0 saturated heterocycles. The van der Waals surface area contributed by atoms with Crippen molar-refractivity contribution in [2.45, 2.75) is 38.0 Å². The van der Waals surface area contributed by atoms with Gasteiger partial charge in [-0.2, -0.15) is 0 Å². The van der Waals surface area contributed by atoms with Crippen LogP contribution < -0.4 is 0 Å². The van der Waals surface area contributed by atoms with Gasteiger partial charge in [0.25, 0.3) is 0 Å². The molecule has 294 valence electrons. The van der Waals surface area contributed by atoms with E-state index in [0.29, 0.717) is 17.5 Å². The number of fused-ring (bicyclic) bond motifs is 1. The topological polar surface area (TPSA) is 38.7 Å². The first-order valence-corrected chi connectivity index (χ1v) is 21.6. The molecule has 0 N–H and O–H groups in total. The SMILES string of the molecule is CCC1C(c2ccc3ccccc3c2-c2cccc(-c3nc(-c4ccccc4)nc(-c4ccccc4)n3)c2)=C/C=C\CC(c2ccccc2)(c2ccccc2)C2=C1CCC=C2. The maximum absolute atomic E-state index is 5.12. The van der Waals surface area contributed by atoms with Gasteiger partial charge in [0.1, 0.15) is 0 Å². The number of hydrogen-bond donors (Lipinski definition) is 0. The molecule has 0 aliphatic heterocycles. The summed E-state index contributed by atoms with van der Waals surface area (Å²) in [6.45, 7) is 2.37. The normalized spacial score (nSPS) is 16.5. The highest BCUT2D eigenvalue weighted by Gasteiger charge is 2.40. The Labute approximate surface area is 359 Å². The molecule has 3 nitrogen and oxygen atoms in total. The van der Waals surface area contributed by atoms with E-state index in [4.69, 9.17) is 15.0 Å². The number of allylic oxidation sites excluding steroid dienone is 8. The maximum Gasteiger partial charge on any atom is 0.164 e. The highest BCUT2D eigenvalue weighted by molar-refractivity contribution is 6.03. The minimum absolute atomic E-state index is 0.197. The largest absolute Gasteiger partial charge is 0.208 e. The molecule has 0 radical (unpaired) electrons. The summed E-state index contributed by atoms with van der Waals surface area (Å²) >= 11 is 0. The van der Waals surface area contributed by atoms with Crippen molar-refractivity contribution in [2.24, 2.45) is 5.92 Å². The van der Waals surface area contributed by atoms with E-state index in [-0.39, 0.29) is 11.3 Å². The fourth-order valence-electron chi connectivity index (χ4n) is 9.77. The van der Waals surface area contributed by atoms with Crippen LogP contribution in [0.3, 0.4) is 0 Å². The first-order valence-electron chi connectivity index (χ1n) is 21.6. The third-order valence-corrected chi connectivity index (χ3v) is 12.6. The van der Waals surface area contributed by atoms with Crippen LogP contribution >= 0.6 is 0 Å². The van der Waals surface area contributed by atoms with Crippen molar-refractivity contribution < 1.29 is 0 Å². The summed E-state index contributed by atoms with van der Waals surface area (Å²) in [5, 5.41) is 2.44. The third-order valence-electron chi connectivity index (χ3n) is 12.6. The Kier molecular flexibility index (Phi) is 10.5. The number of hydrogen-bond acceptors (Lipinski definition) is 3. The van der Waals surface area contributed by atoms with E-state index in [1.165, 1.54) is 49.7 Å². The lowest BCUT2D eigenvalue weighted by molar-refractivity contribution is 0.585. The molecule has 0 spiro atoms. The maximum atomic E-state index is 5.12. The Bertz CT molecular complexity index is 2860. The summed E-state index contributed by atoms with van der Waals surface area (Å²) in [7, 11) is 0. The van der Waals surface area contributed by atoms with E-state index in [2.05, 4.69) is 183 Å². The number of aromatic nitrogens is 3. The minimum Gasteiger partial charge on any atom is -0.208 e. The van der Waals surface area contributed by atoms with Crippen LogP contribution in [0.15, 0.2) is 224 Å². The zero-order valence-corrected chi connectivity index (χ0v) is 34.5. The van der Waals surface area contributed by atoms with Crippen molar-refractivity contribution in [3.05, 3.63) is 240 Å². The van der Waals surface area contributed by atoms with Gasteiger partial charge in [0.15, 0.2) is 17.5 Å². The van der Waals surface area contributed by atoms with E-state index >= 15 is 0 Å². The van der Waals surface area contributed by atoms with Gasteiger partial charge >= 0.3 is 0 Å². The van der Waals surface area contributed by atoms with Crippen molar-refractivity contribution >= 4 is 16.3 Å². The fraction of sp³-hybridized carbons (Fsp3) is 0.121. The molecule has 0 bridgehead atoms. The molecule has 0 fully saturated rings. The molecule has 61 heavy (non-hydrogen) atoms. The quantitative estimate of drug-likeness (QED) is 0.154. The van der Waals surface area contributed by atoms with Crippen LogP contribution in [0.1, 0.15) is 49.3 Å². The van der Waals surface area contributed by atoms with E-state index in [9.17, 15) is 0 Å². The first kappa shape index (κ1) is 38.0. The van der Waals surface area contributed by atoms with Gasteiger partial charge in [-0.05, 0) is 81.5 Å². The van der Waals surface area contributed by atoms with Crippen LogP contribution in [0.25, 0.3) is 61.6 Å². The molecule has 1 aromatic heterocycles. The molecule has 7 aromatic carbocycles. The lowest BCUT2D eigenvalue weighted by Crippen LogP contribution is -2.32. The Balaban J connectivity index is 1.17. The van der Waals surface area contributed by atoms with E-state index < -0.39 is 0 Å². The van der Waals surface area contributed by atoms with Crippen LogP contribution in [0.4, 0.5) is 0 Å². The van der Waals surface area contributed by atoms with Gasteiger partial charge in [-0.1, -0.05) is 219 Å². The highest BCUT2D eigenvalue weighted by Crippen LogP contribution is 2.51. The van der Waals surface area contributed by atoms with Gasteiger partial charge in [-0.25, -0.2) is 15.0 Å². The molecule has 0 saturated carbocycles. The van der Waals surface area contributed by atoms with Crippen molar-refractivity contribution in [3.63, 3.8) is 0 Å². The average Bonchev–Trinajstić information content (AvgIpc) is 3.41. The number of rotatable bonds is 8. The van der Waals surface area contributed by atoms with Crippen LogP contribution in [-0.4, -0.2) is 15.0 Å². The predicted octanol–water partition coefficient (Wildman–Crippen LogP) is 14.7. The van der Waals surface area contributed by atoms with Crippen molar-refractivity contribution in [2.75, 3.05) is 0 Å². The third kappa shape index (κ3) is 7.17. The monoisotopic (exact) mass is 785 g/mol. The molecular weight excluding hydrogens is 739 g/mol. The van der Waals surface area contributed by atoms with E-state index in [1.54, 1.807) is 0 Å². The second-order valence-corrected chi connectivity index (χ2v) is 16.1. The summed E-state index contributed by atoms with van der Waals surface area (Å²) in [5.41, 5.74) is 13.1. The van der Waals surface area contributed by atoms with Crippen molar-refractivity contribution in [3.8, 4) is 45.3 Å².